The summed E-state index contributed by atoms with van der Waals surface area (Å²) in [5, 5.41) is 1.10. The van der Waals surface area contributed by atoms with Gasteiger partial charge in [0.25, 0.3) is 0 Å². The van der Waals surface area contributed by atoms with Crippen molar-refractivity contribution in [3.63, 3.8) is 0 Å². The second-order valence-corrected chi connectivity index (χ2v) is 2.88. The van der Waals surface area contributed by atoms with Crippen molar-refractivity contribution in [2.45, 2.75) is 0 Å². The summed E-state index contributed by atoms with van der Waals surface area (Å²) in [6.07, 6.45) is 1.63. The summed E-state index contributed by atoms with van der Waals surface area (Å²) in [5.74, 6) is 0.605. The number of nitrogens with one attached hydrogen (secondary N) is 1. The first-order valence-corrected chi connectivity index (χ1v) is 4.38. The van der Waals surface area contributed by atoms with Crippen molar-refractivity contribution in [1.29, 1.82) is 0 Å². The van der Waals surface area contributed by atoms with E-state index in [9.17, 15) is 0 Å². The van der Waals surface area contributed by atoms with Gasteiger partial charge in [-0.05, 0) is 6.07 Å². The maximum absolute atomic E-state index is 5.00. The van der Waals surface area contributed by atoms with Crippen LogP contribution in [0.15, 0.2) is 43.0 Å². The molecule has 0 amide bonds. The molecule has 0 spiro atoms. The second kappa shape index (κ2) is 3.98. The molecule has 0 saturated carbocycles. The molecule has 3 nitrogen and oxygen atoms in total. The molecule has 14 heavy (non-hydrogen) atoms. The van der Waals surface area contributed by atoms with Crippen LogP contribution in [0, 0.1) is 0 Å². The normalized spacial score (nSPS) is 10.3. The summed E-state index contributed by atoms with van der Waals surface area (Å²) in [4.78, 5) is 12.9. The highest BCUT2D eigenvalue weighted by Crippen LogP contribution is 2.19. The van der Waals surface area contributed by atoms with Gasteiger partial charge in [-0.15, -0.1) is 6.58 Å². The summed E-state index contributed by atoms with van der Waals surface area (Å²) in [6.45, 7) is 3.89. The number of hydrogen-bond acceptors (Lipinski definition) is 2. The molecule has 1 aromatic heterocycles. The first-order chi connectivity index (χ1) is 6.90. The maximum atomic E-state index is 5.00. The number of para-hydroxylation sites is 1. The smallest absolute Gasteiger partial charge is 0.235 e. The van der Waals surface area contributed by atoms with Crippen LogP contribution in [-0.2, 0) is 4.89 Å². The molecule has 0 saturated heterocycles. The predicted molar refractivity (Wildman–Crippen MR) is 55.1 cm³/mol. The molecule has 1 heterocycles. The van der Waals surface area contributed by atoms with E-state index in [0.717, 1.165) is 10.9 Å². The van der Waals surface area contributed by atoms with Gasteiger partial charge in [0, 0.05) is 17.0 Å². The molecule has 0 aliphatic heterocycles. The van der Waals surface area contributed by atoms with Gasteiger partial charge < -0.3 is 9.87 Å². The Hall–Kier alpha value is -1.74. The zero-order valence-corrected chi connectivity index (χ0v) is 7.69. The van der Waals surface area contributed by atoms with Crippen molar-refractivity contribution in [2.24, 2.45) is 0 Å². The standard InChI is InChI=1S/C11H11NO2/c1-2-7-13-14-11-8-9-5-3-4-6-10(9)12-11/h2-6,8,12H,1,7H2. The molecule has 0 fully saturated rings. The van der Waals surface area contributed by atoms with Crippen LogP contribution in [-0.4, -0.2) is 11.6 Å². The second-order valence-electron chi connectivity index (χ2n) is 2.88. The first-order valence-electron chi connectivity index (χ1n) is 4.38. The summed E-state index contributed by atoms with van der Waals surface area (Å²) in [5.41, 5.74) is 1.03. The fraction of sp³-hybridized carbons (Fsp3) is 0.0909. The van der Waals surface area contributed by atoms with Gasteiger partial charge in [-0.2, -0.15) is 4.89 Å². The van der Waals surface area contributed by atoms with Gasteiger partial charge in [0.05, 0.1) is 0 Å². The third-order valence-electron chi connectivity index (χ3n) is 1.84. The van der Waals surface area contributed by atoms with Crippen molar-refractivity contribution < 1.29 is 9.78 Å². The van der Waals surface area contributed by atoms with Crippen LogP contribution in [0.5, 0.6) is 5.88 Å². The Kier molecular flexibility index (Phi) is 2.51. The molecule has 0 bridgehead atoms. The molecule has 1 aromatic carbocycles. The molecule has 0 atom stereocenters. The van der Waals surface area contributed by atoms with Crippen molar-refractivity contribution in [3.05, 3.63) is 43.0 Å². The minimum absolute atomic E-state index is 0.370. The zero-order valence-electron chi connectivity index (χ0n) is 7.69. The number of aromatic amines is 1. The number of H-pyrrole nitrogens is 1. The lowest BCUT2D eigenvalue weighted by Crippen LogP contribution is -1.96. The largest absolute Gasteiger partial charge is 0.323 e. The van der Waals surface area contributed by atoms with Crippen LogP contribution in [0.3, 0.4) is 0 Å². The van der Waals surface area contributed by atoms with Gasteiger partial charge in [0.1, 0.15) is 6.61 Å². The van der Waals surface area contributed by atoms with Crippen molar-refractivity contribution in [1.82, 2.24) is 4.98 Å². The molecule has 0 aliphatic rings. The SMILES string of the molecule is C=CCOOc1cc2ccccc2[nH]1. The Bertz CT molecular complexity index is 401. The number of aromatic nitrogens is 1. The summed E-state index contributed by atoms with van der Waals surface area (Å²) < 4.78 is 0. The maximum Gasteiger partial charge on any atom is 0.235 e. The molecule has 0 aliphatic carbocycles. The van der Waals surface area contributed by atoms with E-state index in [4.69, 9.17) is 9.78 Å². The monoisotopic (exact) mass is 189 g/mol. The van der Waals surface area contributed by atoms with Crippen molar-refractivity contribution in [3.8, 4) is 5.88 Å². The van der Waals surface area contributed by atoms with E-state index in [1.54, 1.807) is 6.08 Å². The molecule has 72 valence electrons. The van der Waals surface area contributed by atoms with Gasteiger partial charge in [0.15, 0.2) is 0 Å². The molecular formula is C11H11NO2. The Balaban J connectivity index is 2.14. The molecule has 2 rings (SSSR count). The van der Waals surface area contributed by atoms with E-state index < -0.39 is 0 Å². The average molecular weight is 189 g/mol. The Morgan fingerprint density at radius 3 is 3.00 bits per heavy atom. The summed E-state index contributed by atoms with van der Waals surface area (Å²) in [6, 6.07) is 9.82. The fourth-order valence-corrected chi connectivity index (χ4v) is 1.24. The van der Waals surface area contributed by atoms with Crippen LogP contribution in [0.1, 0.15) is 0 Å². The van der Waals surface area contributed by atoms with E-state index in [0.29, 0.717) is 12.5 Å². The minimum atomic E-state index is 0.370. The number of benzene rings is 1. The van der Waals surface area contributed by atoms with E-state index in [1.807, 2.05) is 30.3 Å². The highest BCUT2D eigenvalue weighted by Gasteiger charge is 2.00. The number of rotatable bonds is 4. The Morgan fingerprint density at radius 2 is 2.21 bits per heavy atom. The van der Waals surface area contributed by atoms with Gasteiger partial charge in [0.2, 0.25) is 5.88 Å². The Labute approximate surface area is 81.9 Å². The molecule has 3 heteroatoms. The zero-order chi connectivity index (χ0) is 9.80. The minimum Gasteiger partial charge on any atom is -0.323 e. The van der Waals surface area contributed by atoms with Crippen LogP contribution >= 0.6 is 0 Å². The summed E-state index contributed by atoms with van der Waals surface area (Å²) >= 11 is 0. The molecule has 0 unspecified atom stereocenters. The molecule has 2 aromatic rings. The van der Waals surface area contributed by atoms with Crippen molar-refractivity contribution >= 4 is 10.9 Å². The fourth-order valence-electron chi connectivity index (χ4n) is 1.24. The van der Waals surface area contributed by atoms with Crippen LogP contribution in [0.2, 0.25) is 0 Å². The lowest BCUT2D eigenvalue weighted by atomic mass is 10.3. The first kappa shape index (κ1) is 8.84. The van der Waals surface area contributed by atoms with Gasteiger partial charge >= 0.3 is 0 Å². The van der Waals surface area contributed by atoms with E-state index in [-0.39, 0.29) is 0 Å². The van der Waals surface area contributed by atoms with Gasteiger partial charge in [-0.3, -0.25) is 0 Å². The quantitative estimate of drug-likeness (QED) is 0.347. The van der Waals surface area contributed by atoms with E-state index in [1.165, 1.54) is 0 Å². The molecule has 1 N–H and O–H groups in total. The van der Waals surface area contributed by atoms with Crippen molar-refractivity contribution in [2.75, 3.05) is 6.61 Å². The lowest BCUT2D eigenvalue weighted by Gasteiger charge is -1.97. The highest BCUT2D eigenvalue weighted by atomic mass is 17.2. The Morgan fingerprint density at radius 1 is 1.36 bits per heavy atom. The third-order valence-corrected chi connectivity index (χ3v) is 1.84. The third kappa shape index (κ3) is 1.78. The van der Waals surface area contributed by atoms with E-state index >= 15 is 0 Å². The van der Waals surface area contributed by atoms with Gasteiger partial charge in [-0.1, -0.05) is 24.3 Å². The van der Waals surface area contributed by atoms with Crippen LogP contribution < -0.4 is 4.89 Å². The lowest BCUT2D eigenvalue weighted by molar-refractivity contribution is -0.198. The molecular weight excluding hydrogens is 178 g/mol. The topological polar surface area (TPSA) is 34.2 Å². The predicted octanol–water partition coefficient (Wildman–Crippen LogP) is 2.66. The summed E-state index contributed by atoms with van der Waals surface area (Å²) in [7, 11) is 0. The average Bonchev–Trinajstić information content (AvgIpc) is 2.60. The van der Waals surface area contributed by atoms with E-state index in [2.05, 4.69) is 11.6 Å². The number of hydrogen-bond donors (Lipinski definition) is 1. The highest BCUT2D eigenvalue weighted by molar-refractivity contribution is 5.81. The number of fused-ring (bicyclic) bond motifs is 1. The van der Waals surface area contributed by atoms with Crippen LogP contribution in [0.25, 0.3) is 10.9 Å². The van der Waals surface area contributed by atoms with Gasteiger partial charge in [-0.25, -0.2) is 0 Å². The molecule has 0 radical (unpaired) electrons. The van der Waals surface area contributed by atoms with Crippen LogP contribution in [0.4, 0.5) is 0 Å².